The van der Waals surface area contributed by atoms with E-state index in [1.54, 1.807) is 24.3 Å². The highest BCUT2D eigenvalue weighted by molar-refractivity contribution is 6.07. The lowest BCUT2D eigenvalue weighted by Crippen LogP contribution is -2.41. The summed E-state index contributed by atoms with van der Waals surface area (Å²) in [5.74, 6) is -1.41. The molecule has 0 saturated carbocycles. The van der Waals surface area contributed by atoms with Crippen molar-refractivity contribution in [3.63, 3.8) is 0 Å². The molecule has 0 aliphatic heterocycles. The normalized spacial score (nSPS) is 13.0. The van der Waals surface area contributed by atoms with E-state index in [1.165, 1.54) is 13.8 Å². The molecule has 1 aromatic rings. The number of carbonyl (C=O) groups is 2. The number of carbonyl (C=O) groups excluding carboxylic acids is 2. The van der Waals surface area contributed by atoms with Crippen molar-refractivity contribution in [2.75, 3.05) is 0 Å². The van der Waals surface area contributed by atoms with Crippen molar-refractivity contribution < 1.29 is 14.3 Å². The van der Waals surface area contributed by atoms with Crippen LogP contribution in [0.1, 0.15) is 19.4 Å². The smallest absolute Gasteiger partial charge is 0.325 e. The maximum absolute atomic E-state index is 11.8. The number of nitrogens with zero attached hydrogens (tertiary/aromatic N) is 3. The van der Waals surface area contributed by atoms with E-state index in [9.17, 15) is 9.59 Å². The Morgan fingerprint density at radius 2 is 2.00 bits per heavy atom. The van der Waals surface area contributed by atoms with E-state index < -0.39 is 17.3 Å². The third kappa shape index (κ3) is 3.09. The van der Waals surface area contributed by atoms with Gasteiger partial charge in [0.1, 0.15) is 6.61 Å². The first kappa shape index (κ1) is 13.7. The summed E-state index contributed by atoms with van der Waals surface area (Å²) in [7, 11) is 0. The molecule has 0 amide bonds. The van der Waals surface area contributed by atoms with Gasteiger partial charge in [0.05, 0.1) is 0 Å². The van der Waals surface area contributed by atoms with Crippen molar-refractivity contribution >= 4 is 11.8 Å². The van der Waals surface area contributed by atoms with Crippen molar-refractivity contribution in [2.45, 2.75) is 26.0 Å². The van der Waals surface area contributed by atoms with Gasteiger partial charge < -0.3 is 4.74 Å². The van der Waals surface area contributed by atoms with Gasteiger partial charge in [0.2, 0.25) is 5.54 Å². The highest BCUT2D eigenvalue weighted by Gasteiger charge is 2.39. The number of hydrogen-bond acceptors (Lipinski definition) is 4. The third-order valence-corrected chi connectivity index (χ3v) is 2.54. The molecule has 0 aliphatic carbocycles. The fraction of sp³-hybridized carbons (Fsp3) is 0.333. The van der Waals surface area contributed by atoms with E-state index in [1.807, 2.05) is 6.07 Å². The zero-order valence-electron chi connectivity index (χ0n) is 10.2. The molecule has 0 fully saturated rings. The van der Waals surface area contributed by atoms with Gasteiger partial charge in [-0.2, -0.15) is 0 Å². The topological polar surface area (TPSA) is 92.1 Å². The first-order chi connectivity index (χ1) is 8.50. The lowest BCUT2D eigenvalue weighted by molar-refractivity contribution is -0.153. The fourth-order valence-corrected chi connectivity index (χ4v) is 1.21. The van der Waals surface area contributed by atoms with E-state index >= 15 is 0 Å². The van der Waals surface area contributed by atoms with E-state index in [-0.39, 0.29) is 6.61 Å². The van der Waals surface area contributed by atoms with Crippen molar-refractivity contribution in [1.82, 2.24) is 0 Å². The molecule has 18 heavy (non-hydrogen) atoms. The average molecular weight is 247 g/mol. The Kier molecular flexibility index (Phi) is 4.45. The van der Waals surface area contributed by atoms with Crippen LogP contribution in [0.3, 0.4) is 0 Å². The average Bonchev–Trinajstić information content (AvgIpc) is 2.37. The van der Waals surface area contributed by atoms with E-state index in [0.29, 0.717) is 0 Å². The van der Waals surface area contributed by atoms with Crippen LogP contribution in [-0.2, 0) is 20.9 Å². The molecule has 1 atom stereocenters. The lowest BCUT2D eigenvalue weighted by atomic mass is 9.99. The third-order valence-electron chi connectivity index (χ3n) is 2.54. The molecule has 0 saturated heterocycles. The number of ketones is 1. The molecule has 1 aromatic carbocycles. The van der Waals surface area contributed by atoms with Crippen LogP contribution in [0.15, 0.2) is 35.4 Å². The number of esters is 1. The zero-order valence-corrected chi connectivity index (χ0v) is 10.2. The first-order valence-electron chi connectivity index (χ1n) is 5.29. The summed E-state index contributed by atoms with van der Waals surface area (Å²) in [5, 5.41) is 3.22. The number of hydrogen-bond donors (Lipinski definition) is 0. The van der Waals surface area contributed by atoms with Crippen LogP contribution >= 0.6 is 0 Å². The summed E-state index contributed by atoms with van der Waals surface area (Å²) >= 11 is 0. The molecule has 0 N–H and O–H groups in total. The SMILES string of the molecule is CC(=O)C(C)(N=[N+]=[N-])C(=O)OCc1ccccc1. The molecule has 1 rings (SSSR count). The summed E-state index contributed by atoms with van der Waals surface area (Å²) in [6.45, 7) is 2.45. The van der Waals surface area contributed by atoms with Crippen molar-refractivity contribution in [2.24, 2.45) is 5.11 Å². The number of azide groups is 1. The van der Waals surface area contributed by atoms with E-state index in [0.717, 1.165) is 5.56 Å². The fourth-order valence-electron chi connectivity index (χ4n) is 1.21. The molecule has 6 heteroatoms. The summed E-state index contributed by atoms with van der Waals surface area (Å²) < 4.78 is 4.98. The minimum absolute atomic E-state index is 0.0312. The highest BCUT2D eigenvalue weighted by atomic mass is 16.5. The van der Waals surface area contributed by atoms with Crippen LogP contribution in [-0.4, -0.2) is 17.3 Å². The molecule has 0 radical (unpaired) electrons. The van der Waals surface area contributed by atoms with Crippen LogP contribution in [0, 0.1) is 0 Å². The van der Waals surface area contributed by atoms with E-state index in [4.69, 9.17) is 10.3 Å². The molecule has 0 spiro atoms. The summed E-state index contributed by atoms with van der Waals surface area (Å²) in [6.07, 6.45) is 0. The van der Waals surface area contributed by atoms with Gasteiger partial charge >= 0.3 is 5.97 Å². The van der Waals surface area contributed by atoms with Crippen LogP contribution < -0.4 is 0 Å². The highest BCUT2D eigenvalue weighted by Crippen LogP contribution is 2.16. The molecule has 6 nitrogen and oxygen atoms in total. The van der Waals surface area contributed by atoms with Gasteiger partial charge in [0.25, 0.3) is 0 Å². The van der Waals surface area contributed by atoms with Crippen LogP contribution in [0.25, 0.3) is 10.4 Å². The Balaban J connectivity index is 2.75. The number of Topliss-reactive ketones (excluding diaryl/α,β-unsaturated/α-hetero) is 1. The minimum atomic E-state index is -1.80. The molecule has 0 aromatic heterocycles. The first-order valence-corrected chi connectivity index (χ1v) is 5.29. The van der Waals surface area contributed by atoms with E-state index in [2.05, 4.69) is 10.0 Å². The molecule has 0 aliphatic rings. The maximum Gasteiger partial charge on any atom is 0.325 e. The second-order valence-corrected chi connectivity index (χ2v) is 3.88. The number of benzene rings is 1. The van der Waals surface area contributed by atoms with Crippen LogP contribution in [0.4, 0.5) is 0 Å². The molecular weight excluding hydrogens is 234 g/mol. The van der Waals surface area contributed by atoms with Gasteiger partial charge in [-0.3, -0.25) is 9.59 Å². The maximum atomic E-state index is 11.8. The monoisotopic (exact) mass is 247 g/mol. The van der Waals surface area contributed by atoms with Crippen LogP contribution in [0.2, 0.25) is 0 Å². The lowest BCUT2D eigenvalue weighted by Gasteiger charge is -2.18. The summed E-state index contributed by atoms with van der Waals surface area (Å²) in [6, 6.07) is 9.02. The molecule has 0 heterocycles. The molecule has 1 unspecified atom stereocenters. The van der Waals surface area contributed by atoms with Gasteiger partial charge in [-0.25, -0.2) is 0 Å². The quantitative estimate of drug-likeness (QED) is 0.263. The van der Waals surface area contributed by atoms with Gasteiger partial charge in [-0.15, -0.1) is 0 Å². The Labute approximate surface area is 104 Å². The largest absolute Gasteiger partial charge is 0.460 e. The zero-order chi connectivity index (χ0) is 13.6. The minimum Gasteiger partial charge on any atom is -0.460 e. The molecule has 94 valence electrons. The Morgan fingerprint density at radius 1 is 1.39 bits per heavy atom. The Bertz CT molecular complexity index is 491. The second kappa shape index (κ2) is 5.84. The van der Waals surface area contributed by atoms with Crippen molar-refractivity contribution in [3.8, 4) is 0 Å². The van der Waals surface area contributed by atoms with Gasteiger partial charge in [0.15, 0.2) is 5.78 Å². The summed E-state index contributed by atoms with van der Waals surface area (Å²) in [4.78, 5) is 25.6. The second-order valence-electron chi connectivity index (χ2n) is 3.88. The predicted molar refractivity (Wildman–Crippen MR) is 64.5 cm³/mol. The summed E-state index contributed by atoms with van der Waals surface area (Å²) in [5.41, 5.74) is 7.37. The molecule has 0 bridgehead atoms. The van der Waals surface area contributed by atoms with Gasteiger partial charge in [-0.1, -0.05) is 35.4 Å². The Hall–Kier alpha value is -2.33. The van der Waals surface area contributed by atoms with Crippen molar-refractivity contribution in [3.05, 3.63) is 46.3 Å². The molecular formula is C12H13N3O3. The standard InChI is InChI=1S/C12H13N3O3/c1-9(16)12(2,14-15-13)11(17)18-8-10-6-4-3-5-7-10/h3-7H,8H2,1-2H3. The van der Waals surface area contributed by atoms with Crippen LogP contribution in [0.5, 0.6) is 0 Å². The predicted octanol–water partition coefficient (Wildman–Crippen LogP) is 2.39. The van der Waals surface area contributed by atoms with Gasteiger partial charge in [-0.05, 0) is 24.9 Å². The van der Waals surface area contributed by atoms with Gasteiger partial charge in [0, 0.05) is 4.91 Å². The van der Waals surface area contributed by atoms with Crippen molar-refractivity contribution in [1.29, 1.82) is 0 Å². The number of ether oxygens (including phenoxy) is 1. The Morgan fingerprint density at radius 3 is 2.50 bits per heavy atom. The number of rotatable bonds is 5.